The highest BCUT2D eigenvalue weighted by atomic mass is 19.2. The van der Waals surface area contributed by atoms with Gasteiger partial charge in [0.1, 0.15) is 6.61 Å². The molecule has 0 saturated carbocycles. The minimum Gasteiger partial charge on any atom is -0.465 e. The van der Waals surface area contributed by atoms with Crippen LogP contribution in [0, 0.1) is 11.6 Å². The van der Waals surface area contributed by atoms with Crippen LogP contribution in [0.25, 0.3) is 0 Å². The van der Waals surface area contributed by atoms with Gasteiger partial charge in [0.15, 0.2) is 11.6 Å². The summed E-state index contributed by atoms with van der Waals surface area (Å²) in [5.74, 6) is -1.99. The van der Waals surface area contributed by atoms with Crippen LogP contribution in [0.3, 0.4) is 0 Å². The van der Waals surface area contributed by atoms with E-state index >= 15 is 0 Å². The van der Waals surface area contributed by atoms with Gasteiger partial charge in [-0.2, -0.15) is 0 Å². The smallest absolute Gasteiger partial charge is 0.419 e. The molecule has 2 amide bonds. The molecule has 2 rings (SSSR count). The van der Waals surface area contributed by atoms with Gasteiger partial charge in [0.05, 0.1) is 6.04 Å². The second-order valence-corrected chi connectivity index (χ2v) is 3.84. The molecule has 0 spiro atoms. The molecular weight excluding hydrogens is 248 g/mol. The van der Waals surface area contributed by atoms with Crippen molar-refractivity contribution in [1.82, 2.24) is 4.90 Å². The fourth-order valence-electron chi connectivity index (χ4n) is 1.78. The molecular formula is C11H9F2NO4. The lowest BCUT2D eigenvalue weighted by Gasteiger charge is -2.15. The number of ether oxygens (including phenoxy) is 1. The van der Waals surface area contributed by atoms with Crippen molar-refractivity contribution in [3.63, 3.8) is 0 Å². The standard InChI is InChI=1S/C11H9F2NO4/c12-8-2-1-6(4-9(8)13)3-7-5-18-11(17)14(7)10(15)16/h1-2,4,7H,3,5H2,(H,15,16). The number of benzene rings is 1. The number of carbonyl (C=O) groups excluding carboxylic acids is 1. The SMILES string of the molecule is O=C(O)N1C(=O)OCC1Cc1ccc(F)c(F)c1. The first-order chi connectivity index (χ1) is 8.49. The molecule has 0 radical (unpaired) electrons. The molecule has 96 valence electrons. The zero-order valence-electron chi connectivity index (χ0n) is 9.10. The molecule has 1 atom stereocenters. The zero-order chi connectivity index (χ0) is 13.3. The highest BCUT2D eigenvalue weighted by Crippen LogP contribution is 2.18. The summed E-state index contributed by atoms with van der Waals surface area (Å²) in [6.45, 7) is -0.0931. The Balaban J connectivity index is 2.15. The number of amides is 2. The van der Waals surface area contributed by atoms with Crippen molar-refractivity contribution in [2.24, 2.45) is 0 Å². The van der Waals surface area contributed by atoms with Gasteiger partial charge in [0.2, 0.25) is 0 Å². The van der Waals surface area contributed by atoms with Crippen LogP contribution in [0.2, 0.25) is 0 Å². The number of carbonyl (C=O) groups is 2. The summed E-state index contributed by atoms with van der Waals surface area (Å²) < 4.78 is 30.3. The van der Waals surface area contributed by atoms with Crippen LogP contribution in [0.5, 0.6) is 0 Å². The summed E-state index contributed by atoms with van der Waals surface area (Å²) in [6, 6.07) is 2.53. The van der Waals surface area contributed by atoms with Crippen LogP contribution in [-0.2, 0) is 11.2 Å². The van der Waals surface area contributed by atoms with Gasteiger partial charge >= 0.3 is 12.2 Å². The number of nitrogens with zero attached hydrogens (tertiary/aromatic N) is 1. The van der Waals surface area contributed by atoms with Gasteiger partial charge < -0.3 is 9.84 Å². The van der Waals surface area contributed by atoms with Crippen molar-refractivity contribution in [2.75, 3.05) is 6.61 Å². The van der Waals surface area contributed by atoms with Crippen LogP contribution in [-0.4, -0.2) is 34.8 Å². The van der Waals surface area contributed by atoms with Crippen molar-refractivity contribution in [2.45, 2.75) is 12.5 Å². The lowest BCUT2D eigenvalue weighted by atomic mass is 10.1. The summed E-state index contributed by atoms with van der Waals surface area (Å²) in [7, 11) is 0. The fourth-order valence-corrected chi connectivity index (χ4v) is 1.78. The number of hydrogen-bond acceptors (Lipinski definition) is 3. The minimum absolute atomic E-state index is 0.0786. The van der Waals surface area contributed by atoms with Crippen molar-refractivity contribution in [3.05, 3.63) is 35.4 Å². The number of cyclic esters (lactones) is 1. The first kappa shape index (κ1) is 12.3. The average Bonchev–Trinajstić information content (AvgIpc) is 2.65. The Bertz CT molecular complexity index is 506. The molecule has 5 nitrogen and oxygen atoms in total. The van der Waals surface area contributed by atoms with Crippen LogP contribution in [0.15, 0.2) is 18.2 Å². The summed E-state index contributed by atoms with van der Waals surface area (Å²) >= 11 is 0. The average molecular weight is 257 g/mol. The summed E-state index contributed by atoms with van der Waals surface area (Å²) in [4.78, 5) is 22.5. The third-order valence-corrected chi connectivity index (χ3v) is 2.62. The van der Waals surface area contributed by atoms with Crippen molar-refractivity contribution in [3.8, 4) is 0 Å². The van der Waals surface area contributed by atoms with E-state index in [1.165, 1.54) is 6.07 Å². The quantitative estimate of drug-likeness (QED) is 0.880. The molecule has 1 aromatic rings. The molecule has 1 aliphatic rings. The fraction of sp³-hybridized carbons (Fsp3) is 0.273. The first-order valence-corrected chi connectivity index (χ1v) is 5.12. The second-order valence-electron chi connectivity index (χ2n) is 3.84. The molecule has 1 fully saturated rings. The first-order valence-electron chi connectivity index (χ1n) is 5.12. The summed E-state index contributed by atoms with van der Waals surface area (Å²) in [6.07, 6.45) is -2.30. The van der Waals surface area contributed by atoms with Gasteiger partial charge in [0, 0.05) is 0 Å². The predicted molar refractivity (Wildman–Crippen MR) is 55.1 cm³/mol. The van der Waals surface area contributed by atoms with E-state index in [4.69, 9.17) is 5.11 Å². The molecule has 0 aliphatic carbocycles. The van der Waals surface area contributed by atoms with Crippen LogP contribution in [0.4, 0.5) is 18.4 Å². The molecule has 1 N–H and O–H groups in total. The lowest BCUT2D eigenvalue weighted by molar-refractivity contribution is 0.135. The maximum Gasteiger partial charge on any atom is 0.419 e. The summed E-state index contributed by atoms with van der Waals surface area (Å²) in [5, 5.41) is 8.82. The molecule has 1 aliphatic heterocycles. The monoisotopic (exact) mass is 257 g/mol. The van der Waals surface area contributed by atoms with Gasteiger partial charge in [-0.3, -0.25) is 0 Å². The Morgan fingerprint density at radius 1 is 1.44 bits per heavy atom. The lowest BCUT2D eigenvalue weighted by Crippen LogP contribution is -2.39. The normalized spacial score (nSPS) is 18.9. The topological polar surface area (TPSA) is 66.8 Å². The molecule has 1 heterocycles. The summed E-state index contributed by atoms with van der Waals surface area (Å²) in [5.41, 5.74) is 0.392. The van der Waals surface area contributed by atoms with E-state index < -0.39 is 29.9 Å². The van der Waals surface area contributed by atoms with E-state index in [0.717, 1.165) is 12.1 Å². The highest BCUT2D eigenvalue weighted by Gasteiger charge is 2.37. The highest BCUT2D eigenvalue weighted by molar-refractivity contribution is 5.88. The third kappa shape index (κ3) is 2.24. The molecule has 0 aromatic heterocycles. The van der Waals surface area contributed by atoms with Crippen molar-refractivity contribution < 1.29 is 28.2 Å². The van der Waals surface area contributed by atoms with Crippen molar-refractivity contribution >= 4 is 12.2 Å². The number of halogens is 2. The van der Waals surface area contributed by atoms with Gasteiger partial charge in [-0.25, -0.2) is 23.3 Å². The predicted octanol–water partition coefficient (Wildman–Crippen LogP) is 2.01. The second kappa shape index (κ2) is 4.59. The van der Waals surface area contributed by atoms with Gasteiger partial charge in [0.25, 0.3) is 0 Å². The van der Waals surface area contributed by atoms with Crippen molar-refractivity contribution in [1.29, 1.82) is 0 Å². The third-order valence-electron chi connectivity index (χ3n) is 2.62. The van der Waals surface area contributed by atoms with E-state index in [1.807, 2.05) is 0 Å². The molecule has 1 aromatic carbocycles. The Kier molecular flexibility index (Phi) is 3.14. The minimum atomic E-state index is -1.43. The van der Waals surface area contributed by atoms with Crippen LogP contribution < -0.4 is 0 Å². The van der Waals surface area contributed by atoms with Gasteiger partial charge in [-0.05, 0) is 24.1 Å². The van der Waals surface area contributed by atoms with Gasteiger partial charge in [-0.15, -0.1) is 0 Å². The van der Waals surface area contributed by atoms with E-state index in [0.29, 0.717) is 10.5 Å². The van der Waals surface area contributed by atoms with Crippen LogP contribution in [0.1, 0.15) is 5.56 Å². The number of hydrogen-bond donors (Lipinski definition) is 1. The Labute approximate surface area is 101 Å². The molecule has 18 heavy (non-hydrogen) atoms. The maximum atomic E-state index is 13.0. The number of carboxylic acid groups (broad SMARTS) is 1. The van der Waals surface area contributed by atoms with E-state index in [-0.39, 0.29) is 13.0 Å². The van der Waals surface area contributed by atoms with E-state index in [2.05, 4.69) is 4.74 Å². The van der Waals surface area contributed by atoms with Crippen LogP contribution >= 0.6 is 0 Å². The van der Waals surface area contributed by atoms with Gasteiger partial charge in [-0.1, -0.05) is 6.07 Å². The molecule has 7 heteroatoms. The maximum absolute atomic E-state index is 13.0. The molecule has 0 bridgehead atoms. The Hall–Kier alpha value is -2.18. The zero-order valence-corrected chi connectivity index (χ0v) is 9.10. The Morgan fingerprint density at radius 2 is 2.17 bits per heavy atom. The molecule has 1 unspecified atom stereocenters. The largest absolute Gasteiger partial charge is 0.465 e. The van der Waals surface area contributed by atoms with E-state index in [1.54, 1.807) is 0 Å². The number of rotatable bonds is 2. The van der Waals surface area contributed by atoms with E-state index in [9.17, 15) is 18.4 Å². The number of imide groups is 1. The Morgan fingerprint density at radius 3 is 2.78 bits per heavy atom. The molecule has 1 saturated heterocycles.